The number of nitrogens with one attached hydrogen (secondary N) is 1. The second-order valence-electron chi connectivity index (χ2n) is 4.17. The van der Waals surface area contributed by atoms with Crippen molar-refractivity contribution < 1.29 is 19.1 Å². The highest BCUT2D eigenvalue weighted by Gasteiger charge is 2.40. The molecule has 2 N–H and O–H groups in total. The molecule has 1 fully saturated rings. The van der Waals surface area contributed by atoms with Crippen LogP contribution in [0.2, 0.25) is 0 Å². The molecular weight excluding hydrogens is 210 g/mol. The molecule has 0 atom stereocenters. The van der Waals surface area contributed by atoms with E-state index >= 15 is 0 Å². The van der Waals surface area contributed by atoms with Gasteiger partial charge in [-0.1, -0.05) is 0 Å². The first-order chi connectivity index (χ1) is 7.61. The van der Waals surface area contributed by atoms with Gasteiger partial charge in [-0.2, -0.15) is 0 Å². The maximum atomic E-state index is 11.7. The number of carboxylic acids is 1. The number of furan rings is 1. The van der Waals surface area contributed by atoms with Gasteiger partial charge >= 0.3 is 5.97 Å². The average molecular weight is 223 g/mol. The molecule has 1 saturated carbocycles. The van der Waals surface area contributed by atoms with Crippen molar-refractivity contribution in [2.24, 2.45) is 0 Å². The van der Waals surface area contributed by atoms with Crippen molar-refractivity contribution in [3.05, 3.63) is 24.2 Å². The Morgan fingerprint density at radius 1 is 1.50 bits per heavy atom. The topological polar surface area (TPSA) is 79.5 Å². The van der Waals surface area contributed by atoms with Gasteiger partial charge in [-0.05, 0) is 25.3 Å². The SMILES string of the molecule is O=C(O)CC1(NC(=O)c2ccoc2)CCC1. The Morgan fingerprint density at radius 2 is 2.25 bits per heavy atom. The molecule has 0 spiro atoms. The number of amides is 1. The van der Waals surface area contributed by atoms with Crippen LogP contribution in [0.15, 0.2) is 23.0 Å². The standard InChI is InChI=1S/C11H13NO4/c13-9(14)6-11(3-1-4-11)12-10(15)8-2-5-16-7-8/h2,5,7H,1,3-4,6H2,(H,12,15)(H,13,14). The van der Waals surface area contributed by atoms with E-state index < -0.39 is 11.5 Å². The third-order valence-electron chi connectivity index (χ3n) is 2.96. The largest absolute Gasteiger partial charge is 0.481 e. The van der Waals surface area contributed by atoms with E-state index in [2.05, 4.69) is 5.32 Å². The molecule has 2 rings (SSSR count). The van der Waals surface area contributed by atoms with E-state index in [-0.39, 0.29) is 12.3 Å². The van der Waals surface area contributed by atoms with Gasteiger partial charge in [0.2, 0.25) is 0 Å². The zero-order valence-corrected chi connectivity index (χ0v) is 8.73. The van der Waals surface area contributed by atoms with Crippen LogP contribution >= 0.6 is 0 Å². The lowest BCUT2D eigenvalue weighted by molar-refractivity contribution is -0.139. The summed E-state index contributed by atoms with van der Waals surface area (Å²) in [5, 5.41) is 11.6. The summed E-state index contributed by atoms with van der Waals surface area (Å²) in [5.41, 5.74) is -0.128. The second-order valence-corrected chi connectivity index (χ2v) is 4.17. The van der Waals surface area contributed by atoms with E-state index in [1.807, 2.05) is 0 Å². The molecule has 0 aliphatic heterocycles. The molecule has 16 heavy (non-hydrogen) atoms. The number of hydrogen-bond donors (Lipinski definition) is 2. The van der Waals surface area contributed by atoms with Crippen LogP contribution < -0.4 is 5.32 Å². The normalized spacial score (nSPS) is 17.5. The summed E-state index contributed by atoms with van der Waals surface area (Å²) < 4.78 is 4.81. The van der Waals surface area contributed by atoms with E-state index in [1.165, 1.54) is 12.5 Å². The summed E-state index contributed by atoms with van der Waals surface area (Å²) >= 11 is 0. The van der Waals surface area contributed by atoms with Crippen LogP contribution in [0, 0.1) is 0 Å². The van der Waals surface area contributed by atoms with Crippen LogP contribution in [-0.4, -0.2) is 22.5 Å². The van der Waals surface area contributed by atoms with Crippen molar-refractivity contribution in [1.82, 2.24) is 5.32 Å². The van der Waals surface area contributed by atoms with Crippen LogP contribution in [0.3, 0.4) is 0 Å². The van der Waals surface area contributed by atoms with Crippen LogP contribution in [0.25, 0.3) is 0 Å². The number of rotatable bonds is 4. The maximum Gasteiger partial charge on any atom is 0.305 e. The molecule has 0 bridgehead atoms. The van der Waals surface area contributed by atoms with Gasteiger partial charge in [0.15, 0.2) is 0 Å². The van der Waals surface area contributed by atoms with Gasteiger partial charge in [-0.15, -0.1) is 0 Å². The van der Waals surface area contributed by atoms with Gasteiger partial charge in [-0.3, -0.25) is 9.59 Å². The first-order valence-corrected chi connectivity index (χ1v) is 5.18. The maximum absolute atomic E-state index is 11.7. The highest BCUT2D eigenvalue weighted by atomic mass is 16.4. The van der Waals surface area contributed by atoms with Crippen LogP contribution in [0.1, 0.15) is 36.0 Å². The zero-order valence-electron chi connectivity index (χ0n) is 8.73. The molecule has 1 aromatic heterocycles. The van der Waals surface area contributed by atoms with Gasteiger partial charge in [0.1, 0.15) is 6.26 Å². The van der Waals surface area contributed by atoms with Crippen LogP contribution in [-0.2, 0) is 4.79 Å². The highest BCUT2D eigenvalue weighted by molar-refractivity contribution is 5.94. The van der Waals surface area contributed by atoms with Gasteiger partial charge in [0.05, 0.1) is 23.8 Å². The molecule has 1 aliphatic rings. The monoisotopic (exact) mass is 223 g/mol. The Balaban J connectivity index is 2.02. The molecule has 0 saturated heterocycles. The van der Waals surface area contributed by atoms with Gasteiger partial charge in [0.25, 0.3) is 5.91 Å². The Labute approximate surface area is 92.4 Å². The van der Waals surface area contributed by atoms with Gasteiger partial charge in [0, 0.05) is 0 Å². The molecule has 5 heteroatoms. The van der Waals surface area contributed by atoms with Crippen LogP contribution in [0.5, 0.6) is 0 Å². The van der Waals surface area contributed by atoms with Crippen molar-refractivity contribution >= 4 is 11.9 Å². The molecule has 0 radical (unpaired) electrons. The minimum atomic E-state index is -0.882. The highest BCUT2D eigenvalue weighted by Crippen LogP contribution is 2.35. The van der Waals surface area contributed by atoms with E-state index in [9.17, 15) is 9.59 Å². The summed E-state index contributed by atoms with van der Waals surface area (Å²) in [7, 11) is 0. The fraction of sp³-hybridized carbons (Fsp3) is 0.455. The molecule has 1 heterocycles. The van der Waals surface area contributed by atoms with Crippen molar-refractivity contribution in [2.45, 2.75) is 31.2 Å². The fourth-order valence-electron chi connectivity index (χ4n) is 1.95. The van der Waals surface area contributed by atoms with Gasteiger partial charge < -0.3 is 14.8 Å². The van der Waals surface area contributed by atoms with Crippen LogP contribution in [0.4, 0.5) is 0 Å². The smallest absolute Gasteiger partial charge is 0.305 e. The number of carbonyl (C=O) groups excluding carboxylic acids is 1. The summed E-state index contributed by atoms with van der Waals surface area (Å²) in [5.74, 6) is -1.15. The number of carboxylic acid groups (broad SMARTS) is 1. The fourth-order valence-corrected chi connectivity index (χ4v) is 1.95. The number of hydrogen-bond acceptors (Lipinski definition) is 3. The molecular formula is C11H13NO4. The number of carbonyl (C=O) groups is 2. The average Bonchev–Trinajstić information content (AvgIpc) is 2.66. The first kappa shape index (κ1) is 10.7. The number of aliphatic carboxylic acids is 1. The molecule has 86 valence electrons. The van der Waals surface area contributed by atoms with E-state index in [0.29, 0.717) is 5.56 Å². The summed E-state index contributed by atoms with van der Waals surface area (Å²) in [6, 6.07) is 1.56. The van der Waals surface area contributed by atoms with Crippen molar-refractivity contribution in [1.29, 1.82) is 0 Å². The molecule has 1 aromatic rings. The molecule has 0 unspecified atom stereocenters. The molecule has 0 aromatic carbocycles. The van der Waals surface area contributed by atoms with Crippen molar-refractivity contribution in [3.63, 3.8) is 0 Å². The Kier molecular flexibility index (Phi) is 2.68. The first-order valence-electron chi connectivity index (χ1n) is 5.18. The molecule has 1 amide bonds. The van der Waals surface area contributed by atoms with Crippen molar-refractivity contribution in [2.75, 3.05) is 0 Å². The third-order valence-corrected chi connectivity index (χ3v) is 2.96. The van der Waals surface area contributed by atoms with Gasteiger partial charge in [-0.25, -0.2) is 0 Å². The third kappa shape index (κ3) is 2.08. The summed E-state index contributed by atoms with van der Waals surface area (Å²) in [4.78, 5) is 22.4. The molecule has 5 nitrogen and oxygen atoms in total. The Bertz CT molecular complexity index is 392. The minimum absolute atomic E-state index is 0.0173. The predicted molar refractivity (Wildman–Crippen MR) is 55.0 cm³/mol. The zero-order chi connectivity index (χ0) is 11.6. The van der Waals surface area contributed by atoms with E-state index in [0.717, 1.165) is 19.3 Å². The lowest BCUT2D eigenvalue weighted by Gasteiger charge is -2.41. The van der Waals surface area contributed by atoms with E-state index in [1.54, 1.807) is 6.07 Å². The second kappa shape index (κ2) is 4.00. The molecule has 1 aliphatic carbocycles. The summed E-state index contributed by atoms with van der Waals surface area (Å²) in [6.07, 6.45) is 5.16. The minimum Gasteiger partial charge on any atom is -0.481 e. The predicted octanol–water partition coefficient (Wildman–Crippen LogP) is 1.41. The lowest BCUT2D eigenvalue weighted by atomic mass is 9.74. The van der Waals surface area contributed by atoms with E-state index in [4.69, 9.17) is 9.52 Å². The Hall–Kier alpha value is -1.78. The Morgan fingerprint density at radius 3 is 2.69 bits per heavy atom. The quantitative estimate of drug-likeness (QED) is 0.808. The summed E-state index contributed by atoms with van der Waals surface area (Å²) in [6.45, 7) is 0. The lowest BCUT2D eigenvalue weighted by Crippen LogP contribution is -2.54. The van der Waals surface area contributed by atoms with Crippen molar-refractivity contribution in [3.8, 4) is 0 Å².